The smallest absolute Gasteiger partial charge is 0.307 e. The number of aryl methyl sites for hydroxylation is 2. The first-order chi connectivity index (χ1) is 30.3. The SMILES string of the molecule is Cn1cnc(S(=O)(=O)NCc2noc([C@H](CCCC3CCCCC3)CC(=O)O)n2)c1.Cn1cnc(S(=O)(=O)NCc2noc([C@H](CCCC3CCCCC3)CC(=O)OC(C)(C)C)n2)c1. The van der Waals surface area contributed by atoms with Crippen molar-refractivity contribution in [2.75, 3.05) is 0 Å². The monoisotopic (exact) mass is 934 g/mol. The molecule has 2 aliphatic carbocycles. The number of nitrogens with zero attached hydrogens (tertiary/aromatic N) is 8. The van der Waals surface area contributed by atoms with Gasteiger partial charge in [0.05, 0.1) is 38.6 Å². The molecule has 6 rings (SSSR count). The maximum atomic E-state index is 12.5. The second-order valence-electron chi connectivity index (χ2n) is 18.2. The molecule has 2 atom stereocenters. The standard InChI is InChI=1S/C23H37N5O5S.C19H29N5O5S/c1-23(2,3)32-21(29)13-18(12-8-11-17-9-6-5-7-10-17)22-26-19(27-33-22)14-25-34(30,31)20-15-28(4)16-24-20;1-24-12-17(20-13-24)30(27,28)21-11-16-22-19(29-23-16)15(10-18(25)26)9-5-8-14-6-3-2-4-7-14/h15-18,25H,5-14H2,1-4H3;12-15,21H,2-11H2,1H3,(H,25,26)/t18-;15-/m11/s1. The van der Waals surface area contributed by atoms with Crippen molar-refractivity contribution in [3.8, 4) is 0 Å². The van der Waals surface area contributed by atoms with Gasteiger partial charge in [0.1, 0.15) is 5.60 Å². The van der Waals surface area contributed by atoms with Crippen molar-refractivity contribution in [2.24, 2.45) is 25.9 Å². The molecule has 0 aromatic carbocycles. The van der Waals surface area contributed by atoms with Gasteiger partial charge in [-0.15, -0.1) is 0 Å². The zero-order chi connectivity index (χ0) is 46.3. The lowest BCUT2D eigenvalue weighted by molar-refractivity contribution is -0.155. The van der Waals surface area contributed by atoms with E-state index in [0.29, 0.717) is 12.3 Å². The number of esters is 1. The fourth-order valence-electron chi connectivity index (χ4n) is 8.21. The Hall–Kier alpha value is -4.54. The lowest BCUT2D eigenvalue weighted by Gasteiger charge is -2.23. The van der Waals surface area contributed by atoms with E-state index in [4.69, 9.17) is 13.8 Å². The molecule has 0 bridgehead atoms. The number of nitrogens with one attached hydrogen (secondary N) is 2. The molecule has 0 unspecified atom stereocenters. The van der Waals surface area contributed by atoms with Gasteiger partial charge in [0.25, 0.3) is 20.0 Å². The van der Waals surface area contributed by atoms with Crippen molar-refractivity contribution < 1.29 is 45.3 Å². The molecular formula is C42H66N10O10S2. The second-order valence-corrected chi connectivity index (χ2v) is 21.6. The number of aliphatic carboxylic acids is 1. The van der Waals surface area contributed by atoms with Crippen molar-refractivity contribution in [1.29, 1.82) is 0 Å². The van der Waals surface area contributed by atoms with E-state index in [9.17, 15) is 31.5 Å². The normalized spacial score (nSPS) is 16.5. The number of carbonyl (C=O) groups excluding carboxylic acids is 1. The molecule has 64 heavy (non-hydrogen) atoms. The third-order valence-corrected chi connectivity index (χ3v) is 14.0. The average molecular weight is 935 g/mol. The summed E-state index contributed by atoms with van der Waals surface area (Å²) in [7, 11) is -4.22. The summed E-state index contributed by atoms with van der Waals surface area (Å²) in [5.41, 5.74) is -0.576. The molecular weight excluding hydrogens is 869 g/mol. The van der Waals surface area contributed by atoms with Crippen LogP contribution in [0.5, 0.6) is 0 Å². The Morgan fingerprint density at radius 1 is 0.734 bits per heavy atom. The van der Waals surface area contributed by atoms with E-state index in [2.05, 4.69) is 39.7 Å². The van der Waals surface area contributed by atoms with Gasteiger partial charge in [-0.3, -0.25) is 9.59 Å². The van der Waals surface area contributed by atoms with Gasteiger partial charge in [0, 0.05) is 38.3 Å². The molecule has 20 nitrogen and oxygen atoms in total. The third-order valence-electron chi connectivity index (χ3n) is 11.5. The van der Waals surface area contributed by atoms with Crippen molar-refractivity contribution in [3.63, 3.8) is 0 Å². The van der Waals surface area contributed by atoms with Crippen LogP contribution in [0.15, 0.2) is 44.1 Å². The Morgan fingerprint density at radius 2 is 1.16 bits per heavy atom. The predicted octanol–water partition coefficient (Wildman–Crippen LogP) is 6.44. The van der Waals surface area contributed by atoms with E-state index >= 15 is 0 Å². The molecule has 2 saturated carbocycles. The first kappa shape index (κ1) is 50.5. The molecule has 0 amide bonds. The van der Waals surface area contributed by atoms with E-state index < -0.39 is 31.6 Å². The quantitative estimate of drug-likeness (QED) is 0.0716. The van der Waals surface area contributed by atoms with Gasteiger partial charge in [0.2, 0.25) is 11.8 Å². The van der Waals surface area contributed by atoms with Gasteiger partial charge in [-0.1, -0.05) is 100 Å². The number of imidazole rings is 2. The lowest BCUT2D eigenvalue weighted by atomic mass is 9.84. The Bertz CT molecular complexity index is 2290. The van der Waals surface area contributed by atoms with Gasteiger partial charge >= 0.3 is 11.9 Å². The molecule has 0 aliphatic heterocycles. The summed E-state index contributed by atoms with van der Waals surface area (Å²) in [6.45, 7) is 5.21. The van der Waals surface area contributed by atoms with Gasteiger partial charge in [-0.25, -0.2) is 36.2 Å². The summed E-state index contributed by atoms with van der Waals surface area (Å²) < 4.78 is 73.4. The Morgan fingerprint density at radius 3 is 1.53 bits per heavy atom. The van der Waals surface area contributed by atoms with Crippen LogP contribution in [0, 0.1) is 11.8 Å². The van der Waals surface area contributed by atoms with Crippen LogP contribution in [0.2, 0.25) is 0 Å². The zero-order valence-corrected chi connectivity index (χ0v) is 39.4. The number of ether oxygens (including phenoxy) is 1. The number of hydrogen-bond donors (Lipinski definition) is 3. The number of aromatic nitrogens is 8. The van der Waals surface area contributed by atoms with Crippen molar-refractivity contribution in [1.82, 2.24) is 48.8 Å². The predicted molar refractivity (Wildman–Crippen MR) is 232 cm³/mol. The first-order valence-corrected chi connectivity index (χ1v) is 25.4. The molecule has 3 N–H and O–H groups in total. The minimum absolute atomic E-state index is 0.0794. The number of sulfonamides is 2. The van der Waals surface area contributed by atoms with E-state index in [1.54, 1.807) is 18.7 Å². The average Bonchev–Trinajstić information content (AvgIpc) is 4.08. The largest absolute Gasteiger partial charge is 0.481 e. The Balaban J connectivity index is 0.000000243. The van der Waals surface area contributed by atoms with Crippen LogP contribution >= 0.6 is 0 Å². The van der Waals surface area contributed by atoms with E-state index in [1.807, 2.05) is 20.8 Å². The van der Waals surface area contributed by atoms with E-state index in [0.717, 1.165) is 43.9 Å². The zero-order valence-electron chi connectivity index (χ0n) is 37.8. The molecule has 2 aliphatic rings. The lowest BCUT2D eigenvalue weighted by Crippen LogP contribution is -2.25. The highest BCUT2D eigenvalue weighted by Gasteiger charge is 2.28. The van der Waals surface area contributed by atoms with Gasteiger partial charge in [-0.2, -0.15) is 9.97 Å². The summed E-state index contributed by atoms with van der Waals surface area (Å²) in [5, 5.41) is 16.8. The summed E-state index contributed by atoms with van der Waals surface area (Å²) in [6.07, 6.45) is 24.0. The molecule has 2 fully saturated rings. The highest BCUT2D eigenvalue weighted by atomic mass is 32.2. The van der Waals surface area contributed by atoms with E-state index in [1.165, 1.54) is 93.8 Å². The summed E-state index contributed by atoms with van der Waals surface area (Å²) in [5.74, 6) is 0.530. The van der Waals surface area contributed by atoms with E-state index in [-0.39, 0.29) is 71.3 Å². The topological polar surface area (TPSA) is 269 Å². The maximum absolute atomic E-state index is 12.5. The minimum atomic E-state index is -3.79. The van der Waals surface area contributed by atoms with Gasteiger partial charge in [-0.05, 0) is 45.4 Å². The number of carboxylic acid groups (broad SMARTS) is 1. The first-order valence-electron chi connectivity index (χ1n) is 22.4. The molecule has 0 radical (unpaired) electrons. The van der Waals surface area contributed by atoms with Crippen LogP contribution in [0.4, 0.5) is 0 Å². The number of carbonyl (C=O) groups is 2. The Labute approximate surface area is 376 Å². The molecule has 0 saturated heterocycles. The fraction of sp³-hybridized carbons (Fsp3) is 0.714. The van der Waals surface area contributed by atoms with Crippen LogP contribution < -0.4 is 9.44 Å². The van der Waals surface area contributed by atoms with Crippen LogP contribution in [-0.4, -0.2) is 78.9 Å². The van der Waals surface area contributed by atoms with Gasteiger partial charge < -0.3 is 28.0 Å². The van der Waals surface area contributed by atoms with Crippen LogP contribution in [0.1, 0.15) is 172 Å². The van der Waals surface area contributed by atoms with Crippen molar-refractivity contribution in [3.05, 3.63) is 48.5 Å². The van der Waals surface area contributed by atoms with Crippen LogP contribution in [0.25, 0.3) is 0 Å². The van der Waals surface area contributed by atoms with Crippen LogP contribution in [0.3, 0.4) is 0 Å². The van der Waals surface area contributed by atoms with Crippen molar-refractivity contribution >= 4 is 32.0 Å². The molecule has 4 aromatic rings. The van der Waals surface area contributed by atoms with Crippen LogP contribution in [-0.2, 0) is 61.6 Å². The molecule has 4 heterocycles. The third kappa shape index (κ3) is 16.8. The maximum Gasteiger partial charge on any atom is 0.307 e. The summed E-state index contributed by atoms with van der Waals surface area (Å²) in [6, 6.07) is 0. The molecule has 4 aromatic heterocycles. The fourth-order valence-corrected chi connectivity index (χ4v) is 10.1. The molecule has 356 valence electrons. The highest BCUT2D eigenvalue weighted by Crippen LogP contribution is 2.33. The summed E-state index contributed by atoms with van der Waals surface area (Å²) >= 11 is 0. The minimum Gasteiger partial charge on any atom is -0.481 e. The number of rotatable bonds is 22. The number of hydrogen-bond acceptors (Lipinski definition) is 15. The molecule has 0 spiro atoms. The second kappa shape index (κ2) is 23.6. The van der Waals surface area contributed by atoms with Gasteiger partial charge in [0.15, 0.2) is 21.7 Å². The number of carboxylic acids is 1. The Kier molecular flexibility index (Phi) is 18.6. The summed E-state index contributed by atoms with van der Waals surface area (Å²) in [4.78, 5) is 40.1. The highest BCUT2D eigenvalue weighted by molar-refractivity contribution is 7.89. The van der Waals surface area contributed by atoms with Crippen molar-refractivity contribution in [2.45, 2.75) is 177 Å². The molecule has 22 heteroatoms.